The third-order valence-electron chi connectivity index (χ3n) is 0.952. The van der Waals surface area contributed by atoms with Crippen LogP contribution in [-0.2, 0) is 0 Å². The highest BCUT2D eigenvalue weighted by molar-refractivity contribution is 14.1. The maximum atomic E-state index is 3.94. The van der Waals surface area contributed by atoms with E-state index in [1.807, 2.05) is 12.3 Å². The molecule has 0 saturated carbocycles. The van der Waals surface area contributed by atoms with Gasteiger partial charge in [-0.2, -0.15) is 0 Å². The Bertz CT molecular complexity index is 167. The molecule has 1 aromatic rings. The van der Waals surface area contributed by atoms with Gasteiger partial charge in [0.05, 0.1) is 0 Å². The summed E-state index contributed by atoms with van der Waals surface area (Å²) in [7, 11) is 0. The number of nitrogens with zero attached hydrogens (tertiary/aromatic N) is 1. The first-order chi connectivity index (χ1) is 3.80. The monoisotopic (exact) mass is 347 g/mol. The Kier molecular flexibility index (Phi) is 4.73. The fraction of sp³-hybridized carbons (Fsp3) is 0.167. The Labute approximate surface area is 85.4 Å². The molecular weight excluding hydrogens is 340 g/mol. The minimum atomic E-state index is 0. The van der Waals surface area contributed by atoms with Gasteiger partial charge in [0, 0.05) is 16.0 Å². The van der Waals surface area contributed by atoms with Crippen molar-refractivity contribution in [3.8, 4) is 0 Å². The minimum absolute atomic E-state index is 0. The summed E-state index contributed by atoms with van der Waals surface area (Å²) >= 11 is 2.28. The number of pyridine rings is 1. The summed E-state index contributed by atoms with van der Waals surface area (Å²) in [5.74, 6) is 0. The molecule has 0 atom stereocenters. The molecule has 0 aliphatic heterocycles. The second kappa shape index (κ2) is 4.43. The van der Waals surface area contributed by atoms with Gasteiger partial charge in [-0.05, 0) is 41.1 Å². The van der Waals surface area contributed by atoms with Gasteiger partial charge in [-0.25, -0.2) is 0 Å². The van der Waals surface area contributed by atoms with Gasteiger partial charge in [0.2, 0.25) is 0 Å². The van der Waals surface area contributed by atoms with Crippen LogP contribution in [0.15, 0.2) is 18.5 Å². The van der Waals surface area contributed by atoms with Crippen LogP contribution in [0.1, 0.15) is 5.56 Å². The Morgan fingerprint density at radius 2 is 2.22 bits per heavy atom. The predicted molar refractivity (Wildman–Crippen MR) is 57.1 cm³/mol. The fourth-order valence-electron chi connectivity index (χ4n) is 0.456. The van der Waals surface area contributed by atoms with Gasteiger partial charge in [0.15, 0.2) is 0 Å². The molecule has 50 valence electrons. The first-order valence-electron chi connectivity index (χ1n) is 2.37. The van der Waals surface area contributed by atoms with Crippen molar-refractivity contribution in [2.24, 2.45) is 0 Å². The van der Waals surface area contributed by atoms with Crippen LogP contribution in [0.4, 0.5) is 0 Å². The smallest absolute Gasteiger partial charge is 0.0307 e. The SMILES string of the molecule is Cc1cnccc1I.I. The standard InChI is InChI=1S/C6H6IN.HI/c1-5-4-8-3-2-6(5)7;/h2-4H,1H3;1H. The number of hydrogen-bond donors (Lipinski definition) is 0. The van der Waals surface area contributed by atoms with Crippen LogP contribution in [0.25, 0.3) is 0 Å². The van der Waals surface area contributed by atoms with Gasteiger partial charge in [0.25, 0.3) is 0 Å². The molecule has 1 nitrogen and oxygen atoms in total. The molecule has 3 heteroatoms. The van der Waals surface area contributed by atoms with E-state index < -0.39 is 0 Å². The van der Waals surface area contributed by atoms with Crippen LogP contribution in [0.2, 0.25) is 0 Å². The maximum Gasteiger partial charge on any atom is 0.0307 e. The van der Waals surface area contributed by atoms with Crippen LogP contribution in [0.5, 0.6) is 0 Å². The zero-order valence-electron chi connectivity index (χ0n) is 4.97. The molecular formula is C6H7I2N. The normalized spacial score (nSPS) is 8.22. The van der Waals surface area contributed by atoms with Gasteiger partial charge in [-0.3, -0.25) is 4.98 Å². The summed E-state index contributed by atoms with van der Waals surface area (Å²) in [4.78, 5) is 3.94. The molecule has 0 spiro atoms. The van der Waals surface area contributed by atoms with Crippen LogP contribution < -0.4 is 0 Å². The average Bonchev–Trinajstić information content (AvgIpc) is 1.77. The molecule has 0 radical (unpaired) electrons. The largest absolute Gasteiger partial charge is 0.264 e. The number of rotatable bonds is 0. The van der Waals surface area contributed by atoms with E-state index in [9.17, 15) is 0 Å². The van der Waals surface area contributed by atoms with Gasteiger partial charge in [-0.15, -0.1) is 24.0 Å². The molecule has 0 fully saturated rings. The van der Waals surface area contributed by atoms with E-state index in [0.717, 1.165) is 0 Å². The molecule has 1 heterocycles. The molecule has 0 saturated heterocycles. The third kappa shape index (κ3) is 2.79. The van der Waals surface area contributed by atoms with Crippen molar-refractivity contribution in [1.82, 2.24) is 4.98 Å². The first-order valence-corrected chi connectivity index (χ1v) is 3.44. The lowest BCUT2D eigenvalue weighted by molar-refractivity contribution is 1.25. The summed E-state index contributed by atoms with van der Waals surface area (Å²) in [5.41, 5.74) is 1.24. The van der Waals surface area contributed by atoms with Gasteiger partial charge in [0.1, 0.15) is 0 Å². The van der Waals surface area contributed by atoms with Crippen molar-refractivity contribution in [3.63, 3.8) is 0 Å². The Morgan fingerprint density at radius 1 is 1.56 bits per heavy atom. The lowest BCUT2D eigenvalue weighted by Crippen LogP contribution is -1.78. The topological polar surface area (TPSA) is 12.9 Å². The van der Waals surface area contributed by atoms with Gasteiger partial charge in [-0.1, -0.05) is 0 Å². The fourth-order valence-corrected chi connectivity index (χ4v) is 0.756. The maximum absolute atomic E-state index is 3.94. The van der Waals surface area contributed by atoms with E-state index in [1.165, 1.54) is 9.13 Å². The van der Waals surface area contributed by atoms with E-state index in [1.54, 1.807) is 6.20 Å². The van der Waals surface area contributed by atoms with E-state index >= 15 is 0 Å². The van der Waals surface area contributed by atoms with Crippen molar-refractivity contribution in [2.75, 3.05) is 0 Å². The number of aromatic nitrogens is 1. The van der Waals surface area contributed by atoms with Crippen molar-refractivity contribution in [1.29, 1.82) is 0 Å². The Morgan fingerprint density at radius 3 is 2.56 bits per heavy atom. The Balaban J connectivity index is 0.000000640. The average molecular weight is 347 g/mol. The summed E-state index contributed by atoms with van der Waals surface area (Å²) in [6, 6.07) is 2.00. The van der Waals surface area contributed by atoms with Crippen molar-refractivity contribution in [2.45, 2.75) is 6.92 Å². The zero-order valence-corrected chi connectivity index (χ0v) is 9.45. The highest BCUT2D eigenvalue weighted by atomic mass is 127. The van der Waals surface area contributed by atoms with Crippen LogP contribution >= 0.6 is 46.6 Å². The van der Waals surface area contributed by atoms with E-state index in [2.05, 4.69) is 34.5 Å². The number of hydrogen-bond acceptors (Lipinski definition) is 1. The first kappa shape index (κ1) is 9.61. The second-order valence-electron chi connectivity index (χ2n) is 1.62. The second-order valence-corrected chi connectivity index (χ2v) is 2.79. The van der Waals surface area contributed by atoms with Crippen molar-refractivity contribution < 1.29 is 0 Å². The molecule has 0 bridgehead atoms. The summed E-state index contributed by atoms with van der Waals surface area (Å²) < 4.78 is 1.28. The Hall–Kier alpha value is 0.610. The molecule has 0 aliphatic rings. The van der Waals surface area contributed by atoms with Crippen molar-refractivity contribution >= 4 is 46.6 Å². The van der Waals surface area contributed by atoms with E-state index in [4.69, 9.17) is 0 Å². The molecule has 0 aromatic carbocycles. The van der Waals surface area contributed by atoms with Crippen LogP contribution in [-0.4, -0.2) is 4.98 Å². The molecule has 0 unspecified atom stereocenters. The van der Waals surface area contributed by atoms with E-state index in [-0.39, 0.29) is 24.0 Å². The highest BCUT2D eigenvalue weighted by Gasteiger charge is 1.87. The number of aryl methyl sites for hydroxylation is 1. The van der Waals surface area contributed by atoms with Crippen LogP contribution in [0.3, 0.4) is 0 Å². The van der Waals surface area contributed by atoms with Gasteiger partial charge >= 0.3 is 0 Å². The molecule has 9 heavy (non-hydrogen) atoms. The molecule has 0 amide bonds. The van der Waals surface area contributed by atoms with E-state index in [0.29, 0.717) is 0 Å². The van der Waals surface area contributed by atoms with Crippen LogP contribution in [0, 0.1) is 10.5 Å². The molecule has 0 N–H and O–H groups in total. The third-order valence-corrected chi connectivity index (χ3v) is 2.16. The van der Waals surface area contributed by atoms with Gasteiger partial charge < -0.3 is 0 Å². The molecule has 1 rings (SSSR count). The minimum Gasteiger partial charge on any atom is -0.264 e. The summed E-state index contributed by atoms with van der Waals surface area (Å²) in [6.07, 6.45) is 3.66. The number of halogens is 2. The highest BCUT2D eigenvalue weighted by Crippen LogP contribution is 2.06. The molecule has 1 aromatic heterocycles. The quantitative estimate of drug-likeness (QED) is 0.658. The lowest BCUT2D eigenvalue weighted by Gasteiger charge is -1.90. The molecule has 0 aliphatic carbocycles. The van der Waals surface area contributed by atoms with Crippen molar-refractivity contribution in [3.05, 3.63) is 27.6 Å². The zero-order chi connectivity index (χ0) is 5.98. The lowest BCUT2D eigenvalue weighted by atomic mass is 10.3. The summed E-state index contributed by atoms with van der Waals surface area (Å²) in [6.45, 7) is 2.05. The predicted octanol–water partition coefficient (Wildman–Crippen LogP) is 2.61. The summed E-state index contributed by atoms with van der Waals surface area (Å²) in [5, 5.41) is 0.